The van der Waals surface area contributed by atoms with E-state index in [0.717, 1.165) is 17.1 Å². The first-order chi connectivity index (χ1) is 27.2. The second-order valence-corrected chi connectivity index (χ2v) is 16.2. The average molecular weight is 736 g/mol. The lowest BCUT2D eigenvalue weighted by Crippen LogP contribution is -2.10. The highest BCUT2D eigenvalue weighted by Gasteiger charge is 2.17. The number of benzene rings is 9. The summed E-state index contributed by atoms with van der Waals surface area (Å²) >= 11 is 3.75. The minimum absolute atomic E-state index is 1.11. The molecule has 0 bridgehead atoms. The second kappa shape index (κ2) is 13.1. The summed E-state index contributed by atoms with van der Waals surface area (Å²) in [4.78, 5) is 2.38. The third-order valence-electron chi connectivity index (χ3n) is 10.9. The van der Waals surface area contributed by atoms with Crippen LogP contribution in [0.25, 0.3) is 84.5 Å². The van der Waals surface area contributed by atoms with Crippen LogP contribution in [0.5, 0.6) is 0 Å². The van der Waals surface area contributed by atoms with Crippen LogP contribution in [0, 0.1) is 0 Å². The molecular formula is C52H33NS2. The number of thiophene rings is 2. The molecule has 0 spiro atoms. The predicted molar refractivity (Wildman–Crippen MR) is 241 cm³/mol. The van der Waals surface area contributed by atoms with E-state index in [1.54, 1.807) is 0 Å². The van der Waals surface area contributed by atoms with Crippen molar-refractivity contribution in [2.45, 2.75) is 0 Å². The van der Waals surface area contributed by atoms with Crippen molar-refractivity contribution in [3.8, 4) is 33.4 Å². The number of hydrogen-bond acceptors (Lipinski definition) is 3. The quantitative estimate of drug-likeness (QED) is 0.164. The fraction of sp³-hybridized carbons (Fsp3) is 0. The summed E-state index contributed by atoms with van der Waals surface area (Å²) in [5, 5.41) is 7.90. The molecule has 3 heteroatoms. The van der Waals surface area contributed by atoms with E-state index >= 15 is 0 Å². The Morgan fingerprint density at radius 2 is 0.891 bits per heavy atom. The van der Waals surface area contributed by atoms with Gasteiger partial charge in [-0.3, -0.25) is 0 Å². The molecule has 9 aromatic carbocycles. The van der Waals surface area contributed by atoms with Gasteiger partial charge in [-0.25, -0.2) is 0 Å². The van der Waals surface area contributed by atoms with Crippen molar-refractivity contribution >= 4 is 90.9 Å². The van der Waals surface area contributed by atoms with Crippen molar-refractivity contribution in [1.82, 2.24) is 0 Å². The van der Waals surface area contributed by atoms with Crippen LogP contribution < -0.4 is 4.90 Å². The average Bonchev–Trinajstić information content (AvgIpc) is 3.84. The van der Waals surface area contributed by atoms with Crippen LogP contribution in [-0.4, -0.2) is 0 Å². The lowest BCUT2D eigenvalue weighted by molar-refractivity contribution is 1.28. The maximum Gasteiger partial charge on any atom is 0.0467 e. The van der Waals surface area contributed by atoms with Crippen molar-refractivity contribution in [1.29, 1.82) is 0 Å². The molecule has 258 valence electrons. The Morgan fingerprint density at radius 1 is 0.309 bits per heavy atom. The van der Waals surface area contributed by atoms with E-state index in [0.29, 0.717) is 0 Å². The maximum absolute atomic E-state index is 2.38. The van der Waals surface area contributed by atoms with E-state index in [2.05, 4.69) is 205 Å². The van der Waals surface area contributed by atoms with Gasteiger partial charge in [-0.1, -0.05) is 140 Å². The summed E-state index contributed by atoms with van der Waals surface area (Å²) in [7, 11) is 0. The lowest BCUT2D eigenvalue weighted by Gasteiger charge is -2.26. The van der Waals surface area contributed by atoms with E-state index in [1.807, 2.05) is 22.7 Å². The van der Waals surface area contributed by atoms with Crippen LogP contribution in [0.3, 0.4) is 0 Å². The molecule has 2 heterocycles. The SMILES string of the molecule is c1ccc(-c2ccc(N(c3ccc(-c4ccc5ccc6sc7ccccc7c6c5c4)cc3)c3cccc(-c4cccc5c4sc4ccccc45)c3)cc2)cc1. The van der Waals surface area contributed by atoms with E-state index in [1.165, 1.54) is 84.5 Å². The van der Waals surface area contributed by atoms with Gasteiger partial charge < -0.3 is 4.90 Å². The van der Waals surface area contributed by atoms with Gasteiger partial charge in [0.05, 0.1) is 0 Å². The topological polar surface area (TPSA) is 3.24 Å². The Bertz CT molecular complexity index is 3190. The minimum atomic E-state index is 1.11. The molecule has 0 saturated heterocycles. The van der Waals surface area contributed by atoms with Gasteiger partial charge in [-0.15, -0.1) is 22.7 Å². The Balaban J connectivity index is 1.02. The molecule has 0 atom stereocenters. The van der Waals surface area contributed by atoms with Crippen molar-refractivity contribution < 1.29 is 0 Å². The highest BCUT2D eigenvalue weighted by atomic mass is 32.1. The largest absolute Gasteiger partial charge is 0.310 e. The molecule has 0 N–H and O–H groups in total. The van der Waals surface area contributed by atoms with Crippen LogP contribution >= 0.6 is 22.7 Å². The highest BCUT2D eigenvalue weighted by Crippen LogP contribution is 2.44. The third kappa shape index (κ3) is 5.51. The smallest absolute Gasteiger partial charge is 0.0467 e. The molecule has 11 aromatic rings. The molecule has 2 aromatic heterocycles. The summed E-state index contributed by atoms with van der Waals surface area (Å²) in [6, 6.07) is 73.3. The molecule has 0 fully saturated rings. The van der Waals surface area contributed by atoms with Gasteiger partial charge in [0.2, 0.25) is 0 Å². The predicted octanol–water partition coefficient (Wildman–Crippen LogP) is 16.0. The van der Waals surface area contributed by atoms with Crippen molar-refractivity contribution in [2.24, 2.45) is 0 Å². The standard InChI is InChI=1S/C52H33NS2/c1-2-10-34(11-3-1)35-22-27-40(28-23-35)53(42-13-8-12-39(32-42)43-16-9-17-45-44-14-4-6-18-48(44)55-52(43)45)41-29-24-36(25-30-41)38-21-20-37-26-31-50-51(47(37)33-38)46-15-5-7-19-49(46)54-50/h1-33H. The molecule has 1 nitrogen and oxygen atoms in total. The van der Waals surface area contributed by atoms with E-state index < -0.39 is 0 Å². The van der Waals surface area contributed by atoms with Crippen LogP contribution in [-0.2, 0) is 0 Å². The number of rotatable bonds is 6. The van der Waals surface area contributed by atoms with Gasteiger partial charge >= 0.3 is 0 Å². The molecular weight excluding hydrogens is 703 g/mol. The summed E-state index contributed by atoms with van der Waals surface area (Å²) < 4.78 is 5.31. The molecule has 0 aliphatic heterocycles. The zero-order chi connectivity index (χ0) is 36.3. The Hall–Kier alpha value is -6.52. The van der Waals surface area contributed by atoms with Gasteiger partial charge in [0.1, 0.15) is 0 Å². The third-order valence-corrected chi connectivity index (χ3v) is 13.2. The van der Waals surface area contributed by atoms with Crippen molar-refractivity contribution in [2.75, 3.05) is 4.90 Å². The maximum atomic E-state index is 2.38. The minimum Gasteiger partial charge on any atom is -0.310 e. The number of nitrogens with zero attached hydrogens (tertiary/aromatic N) is 1. The van der Waals surface area contributed by atoms with E-state index in [4.69, 9.17) is 0 Å². The molecule has 55 heavy (non-hydrogen) atoms. The van der Waals surface area contributed by atoms with Gasteiger partial charge in [0.25, 0.3) is 0 Å². The van der Waals surface area contributed by atoms with E-state index in [-0.39, 0.29) is 0 Å². The van der Waals surface area contributed by atoms with Gasteiger partial charge in [0, 0.05) is 57.4 Å². The molecule has 0 amide bonds. The Labute approximate surface area is 327 Å². The second-order valence-electron chi connectivity index (χ2n) is 14.1. The number of fused-ring (bicyclic) bond motifs is 8. The van der Waals surface area contributed by atoms with Crippen molar-refractivity contribution in [3.63, 3.8) is 0 Å². The normalized spacial score (nSPS) is 11.6. The van der Waals surface area contributed by atoms with Gasteiger partial charge in [0.15, 0.2) is 0 Å². The van der Waals surface area contributed by atoms with Crippen LogP contribution in [0.2, 0.25) is 0 Å². The fourth-order valence-electron chi connectivity index (χ4n) is 8.19. The fourth-order valence-corrected chi connectivity index (χ4v) is 10.6. The first-order valence-electron chi connectivity index (χ1n) is 18.7. The van der Waals surface area contributed by atoms with Gasteiger partial charge in [-0.05, 0) is 105 Å². The highest BCUT2D eigenvalue weighted by molar-refractivity contribution is 7.26. The zero-order valence-corrected chi connectivity index (χ0v) is 31.4. The molecule has 0 aliphatic carbocycles. The monoisotopic (exact) mass is 735 g/mol. The van der Waals surface area contributed by atoms with Crippen LogP contribution in [0.1, 0.15) is 0 Å². The first-order valence-corrected chi connectivity index (χ1v) is 20.3. The Kier molecular flexibility index (Phi) is 7.61. The molecule has 11 rings (SSSR count). The first kappa shape index (κ1) is 32.0. The summed E-state index contributed by atoms with van der Waals surface area (Å²) in [5.41, 5.74) is 10.7. The number of anilines is 3. The van der Waals surface area contributed by atoms with Crippen LogP contribution in [0.15, 0.2) is 200 Å². The zero-order valence-electron chi connectivity index (χ0n) is 29.8. The van der Waals surface area contributed by atoms with Crippen LogP contribution in [0.4, 0.5) is 17.1 Å². The number of hydrogen-bond donors (Lipinski definition) is 0. The van der Waals surface area contributed by atoms with Crippen molar-refractivity contribution in [3.05, 3.63) is 200 Å². The lowest BCUT2D eigenvalue weighted by atomic mass is 9.97. The van der Waals surface area contributed by atoms with E-state index in [9.17, 15) is 0 Å². The summed E-state index contributed by atoms with van der Waals surface area (Å²) in [5.74, 6) is 0. The Morgan fingerprint density at radius 3 is 1.67 bits per heavy atom. The summed E-state index contributed by atoms with van der Waals surface area (Å²) in [6.45, 7) is 0. The molecule has 0 unspecified atom stereocenters. The summed E-state index contributed by atoms with van der Waals surface area (Å²) in [6.07, 6.45) is 0. The van der Waals surface area contributed by atoms with Gasteiger partial charge in [-0.2, -0.15) is 0 Å². The molecule has 0 aliphatic rings. The molecule has 0 radical (unpaired) electrons. The molecule has 0 saturated carbocycles.